The first-order valence-corrected chi connectivity index (χ1v) is 5.74. The molecule has 0 atom stereocenters. The van der Waals surface area contributed by atoms with Crippen molar-refractivity contribution in [3.63, 3.8) is 0 Å². The Morgan fingerprint density at radius 3 is 2.94 bits per heavy atom. The van der Waals surface area contributed by atoms with Gasteiger partial charge in [0.05, 0.1) is 0 Å². The molecule has 5 heteroatoms. The molecule has 2 rings (SSSR count). The van der Waals surface area contributed by atoms with Crippen LogP contribution in [0.25, 0.3) is 10.9 Å². The predicted octanol–water partition coefficient (Wildman–Crippen LogP) is 1.52. The van der Waals surface area contributed by atoms with E-state index in [2.05, 4.69) is 5.32 Å². The minimum absolute atomic E-state index is 0.120. The molecule has 0 aliphatic rings. The lowest BCUT2D eigenvalue weighted by Gasteiger charge is -2.05. The Kier molecular flexibility index (Phi) is 3.36. The normalized spacial score (nSPS) is 10.8. The quantitative estimate of drug-likeness (QED) is 0.869. The first-order chi connectivity index (χ1) is 8.13. The van der Waals surface area contributed by atoms with E-state index in [0.717, 1.165) is 10.9 Å². The van der Waals surface area contributed by atoms with E-state index < -0.39 is 0 Å². The molecule has 90 valence electrons. The molecule has 1 aromatic heterocycles. The largest absolute Gasteiger partial charge is 0.349 e. The number of hydrogen-bond donors (Lipinski definition) is 2. The Morgan fingerprint density at radius 1 is 1.47 bits per heavy atom. The molecule has 0 fully saturated rings. The molecular weight excluding hydrogens is 238 g/mol. The van der Waals surface area contributed by atoms with Crippen molar-refractivity contribution in [2.24, 2.45) is 12.8 Å². The third-order valence-corrected chi connectivity index (χ3v) is 2.91. The first kappa shape index (κ1) is 12.0. The summed E-state index contributed by atoms with van der Waals surface area (Å²) in [7, 11) is 1.84. The fourth-order valence-corrected chi connectivity index (χ4v) is 1.96. The summed E-state index contributed by atoms with van der Waals surface area (Å²) in [6, 6.07) is 7.40. The molecule has 4 nitrogen and oxygen atoms in total. The van der Waals surface area contributed by atoms with Crippen molar-refractivity contribution in [2.45, 2.75) is 0 Å². The number of amides is 1. The fraction of sp³-hybridized carbons (Fsp3) is 0.250. The highest BCUT2D eigenvalue weighted by Crippen LogP contribution is 2.22. The molecule has 0 radical (unpaired) electrons. The highest BCUT2D eigenvalue weighted by Gasteiger charge is 2.12. The number of hydrogen-bond acceptors (Lipinski definition) is 2. The Bertz CT molecular complexity index is 562. The number of aromatic nitrogens is 1. The van der Waals surface area contributed by atoms with Gasteiger partial charge in [0, 0.05) is 36.1 Å². The van der Waals surface area contributed by atoms with Gasteiger partial charge in [-0.3, -0.25) is 4.79 Å². The van der Waals surface area contributed by atoms with Crippen LogP contribution < -0.4 is 11.1 Å². The van der Waals surface area contributed by atoms with Crippen LogP contribution in [0.3, 0.4) is 0 Å². The van der Waals surface area contributed by atoms with Gasteiger partial charge in [-0.15, -0.1) is 0 Å². The van der Waals surface area contributed by atoms with Crippen LogP contribution in [0, 0.1) is 0 Å². The number of nitrogens with one attached hydrogen (secondary N) is 1. The Morgan fingerprint density at radius 2 is 2.24 bits per heavy atom. The number of rotatable bonds is 3. The predicted molar refractivity (Wildman–Crippen MR) is 69.3 cm³/mol. The Balaban J connectivity index is 2.42. The van der Waals surface area contributed by atoms with Crippen LogP contribution in [0.2, 0.25) is 5.02 Å². The van der Waals surface area contributed by atoms with Gasteiger partial charge in [0.1, 0.15) is 5.69 Å². The molecule has 3 N–H and O–H groups in total. The Hall–Kier alpha value is -1.52. The third kappa shape index (κ3) is 2.28. The lowest BCUT2D eigenvalue weighted by Crippen LogP contribution is -2.30. The van der Waals surface area contributed by atoms with Gasteiger partial charge in [-0.05, 0) is 18.2 Å². The summed E-state index contributed by atoms with van der Waals surface area (Å²) in [6.07, 6.45) is 0. The molecule has 17 heavy (non-hydrogen) atoms. The summed E-state index contributed by atoms with van der Waals surface area (Å²) in [5.74, 6) is -0.120. The summed E-state index contributed by atoms with van der Waals surface area (Å²) in [4.78, 5) is 11.9. The number of fused-ring (bicyclic) bond motifs is 1. The smallest absolute Gasteiger partial charge is 0.267 e. The van der Waals surface area contributed by atoms with Gasteiger partial charge < -0.3 is 15.6 Å². The van der Waals surface area contributed by atoms with Gasteiger partial charge in [0.2, 0.25) is 0 Å². The maximum absolute atomic E-state index is 11.9. The zero-order chi connectivity index (χ0) is 12.4. The van der Waals surface area contributed by atoms with E-state index in [9.17, 15) is 4.79 Å². The van der Waals surface area contributed by atoms with E-state index in [-0.39, 0.29) is 5.91 Å². The second kappa shape index (κ2) is 4.77. The highest BCUT2D eigenvalue weighted by atomic mass is 35.5. The van der Waals surface area contributed by atoms with Crippen LogP contribution in [0.15, 0.2) is 24.3 Å². The summed E-state index contributed by atoms with van der Waals surface area (Å²) < 4.78 is 1.83. The number of carbonyl (C=O) groups is 1. The molecule has 1 aromatic carbocycles. The number of nitrogens with two attached hydrogens (primary N) is 1. The van der Waals surface area contributed by atoms with E-state index in [1.165, 1.54) is 0 Å². The minimum Gasteiger partial charge on any atom is -0.349 e. The van der Waals surface area contributed by atoms with Gasteiger partial charge in [-0.2, -0.15) is 0 Å². The van der Waals surface area contributed by atoms with Crippen LogP contribution >= 0.6 is 11.6 Å². The highest BCUT2D eigenvalue weighted by molar-refractivity contribution is 6.31. The summed E-state index contributed by atoms with van der Waals surface area (Å²) in [5.41, 5.74) is 6.90. The standard InChI is InChI=1S/C12H14ClN3O/c1-16-10-7-9(13)3-2-8(10)6-11(16)12(17)15-5-4-14/h2-3,6-7H,4-5,14H2,1H3,(H,15,17). The molecule has 2 aromatic rings. The zero-order valence-corrected chi connectivity index (χ0v) is 10.3. The first-order valence-electron chi connectivity index (χ1n) is 5.36. The van der Waals surface area contributed by atoms with Crippen molar-refractivity contribution in [3.8, 4) is 0 Å². The third-order valence-electron chi connectivity index (χ3n) is 2.67. The van der Waals surface area contributed by atoms with Crippen molar-refractivity contribution < 1.29 is 4.79 Å². The minimum atomic E-state index is -0.120. The van der Waals surface area contributed by atoms with Crippen molar-refractivity contribution in [1.82, 2.24) is 9.88 Å². The van der Waals surface area contributed by atoms with Gasteiger partial charge in [0.15, 0.2) is 0 Å². The maximum Gasteiger partial charge on any atom is 0.267 e. The molecule has 0 unspecified atom stereocenters. The average molecular weight is 252 g/mol. The monoisotopic (exact) mass is 251 g/mol. The molecular formula is C12H14ClN3O. The SMILES string of the molecule is Cn1c(C(=O)NCCN)cc2ccc(Cl)cc21. The van der Waals surface area contributed by atoms with Gasteiger partial charge >= 0.3 is 0 Å². The van der Waals surface area contributed by atoms with Crippen LogP contribution in [0.5, 0.6) is 0 Å². The zero-order valence-electron chi connectivity index (χ0n) is 9.53. The number of carbonyl (C=O) groups excluding carboxylic acids is 1. The van der Waals surface area contributed by atoms with E-state index in [1.54, 1.807) is 0 Å². The molecule has 0 aliphatic carbocycles. The average Bonchev–Trinajstić information content (AvgIpc) is 2.64. The number of aryl methyl sites for hydroxylation is 1. The number of halogens is 1. The molecule has 0 bridgehead atoms. The van der Waals surface area contributed by atoms with Crippen molar-refractivity contribution in [2.75, 3.05) is 13.1 Å². The van der Waals surface area contributed by atoms with E-state index >= 15 is 0 Å². The van der Waals surface area contributed by atoms with Crippen molar-refractivity contribution in [1.29, 1.82) is 0 Å². The second-order valence-corrected chi connectivity index (χ2v) is 4.27. The van der Waals surface area contributed by atoms with Crippen molar-refractivity contribution >= 4 is 28.4 Å². The summed E-state index contributed by atoms with van der Waals surface area (Å²) in [5, 5.41) is 4.40. The molecule has 0 saturated heterocycles. The van der Waals surface area contributed by atoms with Crippen molar-refractivity contribution in [3.05, 3.63) is 35.0 Å². The number of nitrogens with zero attached hydrogens (tertiary/aromatic N) is 1. The van der Waals surface area contributed by atoms with Crippen LogP contribution in [0.1, 0.15) is 10.5 Å². The molecule has 0 aliphatic heterocycles. The van der Waals surface area contributed by atoms with E-state index in [0.29, 0.717) is 23.8 Å². The Labute approximate surface area is 104 Å². The topological polar surface area (TPSA) is 60.0 Å². The van der Waals surface area contributed by atoms with Gasteiger partial charge in [-0.1, -0.05) is 17.7 Å². The lowest BCUT2D eigenvalue weighted by molar-refractivity contribution is 0.0947. The molecule has 1 amide bonds. The maximum atomic E-state index is 11.9. The molecule has 1 heterocycles. The molecule has 0 saturated carbocycles. The fourth-order valence-electron chi connectivity index (χ4n) is 1.80. The van der Waals surface area contributed by atoms with E-state index in [4.69, 9.17) is 17.3 Å². The van der Waals surface area contributed by atoms with Crippen LogP contribution in [-0.4, -0.2) is 23.6 Å². The second-order valence-electron chi connectivity index (χ2n) is 3.84. The number of benzene rings is 1. The molecule has 0 spiro atoms. The van der Waals surface area contributed by atoms with E-state index in [1.807, 2.05) is 35.9 Å². The summed E-state index contributed by atoms with van der Waals surface area (Å²) in [6.45, 7) is 0.905. The van der Waals surface area contributed by atoms with Crippen LogP contribution in [0.4, 0.5) is 0 Å². The summed E-state index contributed by atoms with van der Waals surface area (Å²) >= 11 is 5.93. The van der Waals surface area contributed by atoms with Gasteiger partial charge in [-0.25, -0.2) is 0 Å². The van der Waals surface area contributed by atoms with Gasteiger partial charge in [0.25, 0.3) is 5.91 Å². The lowest BCUT2D eigenvalue weighted by atomic mass is 10.2. The van der Waals surface area contributed by atoms with Crippen LogP contribution in [-0.2, 0) is 7.05 Å².